The van der Waals surface area contributed by atoms with Crippen LogP contribution >= 0.6 is 0 Å². The first-order valence-electron chi connectivity index (χ1n) is 6.57. The standard InChI is InChI=1S/C14H13NO5S.HNO3/c1-10-3-5-11(6-4-10)20-14-8-7-12(21(2,18)19)9-13(14)15(16)17;2-1(3)4/h3-9H,1-2H3;(H,2,3,4). The molecule has 0 saturated carbocycles. The molecule has 0 heterocycles. The number of rotatable bonds is 4. The van der Waals surface area contributed by atoms with Crippen LogP contribution in [0.2, 0.25) is 0 Å². The second-order valence-electron chi connectivity index (χ2n) is 4.81. The van der Waals surface area contributed by atoms with E-state index in [1.807, 2.05) is 19.1 Å². The van der Waals surface area contributed by atoms with E-state index in [9.17, 15) is 18.5 Å². The van der Waals surface area contributed by atoms with E-state index >= 15 is 0 Å². The van der Waals surface area contributed by atoms with E-state index in [4.69, 9.17) is 20.1 Å². The Bertz CT molecular complexity index is 874. The van der Waals surface area contributed by atoms with Crippen LogP contribution in [0.25, 0.3) is 0 Å². The second kappa shape index (κ2) is 8.06. The van der Waals surface area contributed by atoms with E-state index in [2.05, 4.69) is 0 Å². The number of hydrogen-bond acceptors (Lipinski definition) is 7. The topological polar surface area (TPSA) is 150 Å². The molecule has 0 amide bonds. The SMILES string of the molecule is Cc1ccc(Oc2ccc(S(C)(=O)=O)cc2[N+](=O)[O-])cc1.O=[N+]([O-])O. The molecule has 11 heteroatoms. The molecule has 25 heavy (non-hydrogen) atoms. The Hall–Kier alpha value is -3.21. The summed E-state index contributed by atoms with van der Waals surface area (Å²) in [6.07, 6.45) is 0.993. The van der Waals surface area contributed by atoms with Crippen molar-refractivity contribution in [2.24, 2.45) is 0 Å². The highest BCUT2D eigenvalue weighted by atomic mass is 32.2. The number of hydrogen-bond donors (Lipinski definition) is 1. The summed E-state index contributed by atoms with van der Waals surface area (Å²) in [4.78, 5) is 18.6. The van der Waals surface area contributed by atoms with Crippen molar-refractivity contribution >= 4 is 15.5 Å². The van der Waals surface area contributed by atoms with Crippen molar-refractivity contribution in [2.75, 3.05) is 6.26 Å². The maximum absolute atomic E-state index is 11.5. The number of nitrogens with zero attached hydrogens (tertiary/aromatic N) is 2. The lowest BCUT2D eigenvalue weighted by atomic mass is 10.2. The van der Waals surface area contributed by atoms with Crippen LogP contribution in [0.15, 0.2) is 47.4 Å². The summed E-state index contributed by atoms with van der Waals surface area (Å²) >= 11 is 0. The molecule has 0 radical (unpaired) electrons. The fourth-order valence-corrected chi connectivity index (χ4v) is 2.33. The average Bonchev–Trinajstić information content (AvgIpc) is 2.48. The van der Waals surface area contributed by atoms with Crippen LogP contribution in [0, 0.1) is 27.2 Å². The Morgan fingerprint density at radius 3 is 2.00 bits per heavy atom. The summed E-state index contributed by atoms with van der Waals surface area (Å²) in [6.45, 7) is 1.91. The summed E-state index contributed by atoms with van der Waals surface area (Å²) in [6, 6.07) is 10.6. The molecular formula is C14H14N2O8S. The van der Waals surface area contributed by atoms with Gasteiger partial charge in [-0.15, -0.1) is 10.1 Å². The molecular weight excluding hydrogens is 356 g/mol. The molecule has 0 aliphatic carbocycles. The number of ether oxygens (including phenoxy) is 1. The first kappa shape index (κ1) is 19.8. The molecule has 10 nitrogen and oxygen atoms in total. The minimum absolute atomic E-state index is 0.00347. The fourth-order valence-electron chi connectivity index (χ4n) is 1.69. The Kier molecular flexibility index (Phi) is 6.39. The normalized spacial score (nSPS) is 10.3. The molecule has 0 aliphatic rings. The Balaban J connectivity index is 0.000000705. The first-order valence-corrected chi connectivity index (χ1v) is 8.46. The van der Waals surface area contributed by atoms with Gasteiger partial charge in [-0.1, -0.05) is 17.7 Å². The molecule has 0 aliphatic heterocycles. The van der Waals surface area contributed by atoms with Gasteiger partial charge in [0.1, 0.15) is 5.75 Å². The van der Waals surface area contributed by atoms with E-state index in [1.54, 1.807) is 12.1 Å². The molecule has 0 bridgehead atoms. The molecule has 0 unspecified atom stereocenters. The van der Waals surface area contributed by atoms with Gasteiger partial charge in [0.05, 0.1) is 9.82 Å². The minimum atomic E-state index is -3.51. The van der Waals surface area contributed by atoms with Crippen molar-refractivity contribution in [1.29, 1.82) is 0 Å². The zero-order chi connectivity index (χ0) is 19.2. The summed E-state index contributed by atoms with van der Waals surface area (Å²) in [5.74, 6) is 0.437. The lowest BCUT2D eigenvalue weighted by Crippen LogP contribution is -2.00. The third-order valence-electron chi connectivity index (χ3n) is 2.80. The predicted molar refractivity (Wildman–Crippen MR) is 86.2 cm³/mol. The van der Waals surface area contributed by atoms with Crippen LogP contribution in [0.3, 0.4) is 0 Å². The highest BCUT2D eigenvalue weighted by molar-refractivity contribution is 7.90. The molecule has 2 rings (SSSR count). The Morgan fingerprint density at radius 2 is 1.56 bits per heavy atom. The van der Waals surface area contributed by atoms with Gasteiger partial charge in [-0.2, -0.15) is 0 Å². The zero-order valence-corrected chi connectivity index (χ0v) is 14.0. The van der Waals surface area contributed by atoms with Crippen LogP contribution in [0.1, 0.15) is 5.56 Å². The number of aryl methyl sites for hydroxylation is 1. The lowest BCUT2D eigenvalue weighted by molar-refractivity contribution is -0.742. The monoisotopic (exact) mass is 370 g/mol. The van der Waals surface area contributed by atoms with Gasteiger partial charge in [-0.3, -0.25) is 10.1 Å². The van der Waals surface area contributed by atoms with Crippen LogP contribution in [-0.2, 0) is 9.84 Å². The van der Waals surface area contributed by atoms with Crippen LogP contribution in [0.5, 0.6) is 11.5 Å². The van der Waals surface area contributed by atoms with Gasteiger partial charge in [0.2, 0.25) is 5.75 Å². The predicted octanol–water partition coefficient (Wildman–Crippen LogP) is 2.75. The third-order valence-corrected chi connectivity index (χ3v) is 3.91. The molecule has 0 fully saturated rings. The van der Waals surface area contributed by atoms with Crippen molar-refractivity contribution in [1.82, 2.24) is 0 Å². The number of benzene rings is 2. The molecule has 1 N–H and O–H groups in total. The molecule has 0 aromatic heterocycles. The molecule has 134 valence electrons. The van der Waals surface area contributed by atoms with Gasteiger partial charge < -0.3 is 9.94 Å². The van der Waals surface area contributed by atoms with Gasteiger partial charge in [-0.05, 0) is 31.2 Å². The average molecular weight is 370 g/mol. The molecule has 2 aromatic carbocycles. The van der Waals surface area contributed by atoms with E-state index in [1.165, 1.54) is 12.1 Å². The Labute approximate surface area is 142 Å². The van der Waals surface area contributed by atoms with Gasteiger partial charge >= 0.3 is 5.69 Å². The van der Waals surface area contributed by atoms with Crippen molar-refractivity contribution in [2.45, 2.75) is 11.8 Å². The minimum Gasteiger partial charge on any atom is -0.450 e. The summed E-state index contributed by atoms with van der Waals surface area (Å²) in [5, 5.41) is 24.7. The van der Waals surface area contributed by atoms with Gasteiger partial charge in [0.15, 0.2) is 9.84 Å². The third kappa shape index (κ3) is 6.43. The smallest absolute Gasteiger partial charge is 0.312 e. The van der Waals surface area contributed by atoms with Gasteiger partial charge in [-0.25, -0.2) is 8.42 Å². The maximum atomic E-state index is 11.5. The highest BCUT2D eigenvalue weighted by Crippen LogP contribution is 2.33. The summed E-state index contributed by atoms with van der Waals surface area (Å²) in [7, 11) is -3.51. The van der Waals surface area contributed by atoms with Gasteiger partial charge in [0, 0.05) is 12.3 Å². The van der Waals surface area contributed by atoms with Crippen molar-refractivity contribution in [3.8, 4) is 11.5 Å². The quantitative estimate of drug-likeness (QED) is 0.637. The highest BCUT2D eigenvalue weighted by Gasteiger charge is 2.20. The largest absolute Gasteiger partial charge is 0.450 e. The van der Waals surface area contributed by atoms with Crippen LogP contribution < -0.4 is 4.74 Å². The van der Waals surface area contributed by atoms with Crippen LogP contribution in [0.4, 0.5) is 5.69 Å². The van der Waals surface area contributed by atoms with E-state index < -0.39 is 25.5 Å². The number of sulfone groups is 1. The Morgan fingerprint density at radius 1 is 1.04 bits per heavy atom. The van der Waals surface area contributed by atoms with Crippen molar-refractivity contribution in [3.63, 3.8) is 0 Å². The van der Waals surface area contributed by atoms with Crippen molar-refractivity contribution < 1.29 is 28.4 Å². The van der Waals surface area contributed by atoms with E-state index in [-0.39, 0.29) is 10.6 Å². The molecule has 0 saturated heterocycles. The second-order valence-corrected chi connectivity index (χ2v) is 6.83. The van der Waals surface area contributed by atoms with Gasteiger partial charge in [0.25, 0.3) is 5.09 Å². The van der Waals surface area contributed by atoms with Crippen molar-refractivity contribution in [3.05, 3.63) is 68.3 Å². The summed E-state index contributed by atoms with van der Waals surface area (Å²) in [5.41, 5.74) is 0.641. The maximum Gasteiger partial charge on any atom is 0.312 e. The van der Waals surface area contributed by atoms with Crippen LogP contribution in [-0.4, -0.2) is 29.9 Å². The molecule has 0 atom stereocenters. The zero-order valence-electron chi connectivity index (χ0n) is 13.1. The fraction of sp³-hybridized carbons (Fsp3) is 0.143. The van der Waals surface area contributed by atoms with E-state index in [0.29, 0.717) is 5.75 Å². The number of nitro groups is 1. The molecule has 0 spiro atoms. The first-order chi connectivity index (χ1) is 11.5. The van der Waals surface area contributed by atoms with E-state index in [0.717, 1.165) is 17.9 Å². The lowest BCUT2D eigenvalue weighted by Gasteiger charge is -2.07. The number of nitro benzene ring substituents is 1. The molecule has 2 aromatic rings. The summed E-state index contributed by atoms with van der Waals surface area (Å²) < 4.78 is 28.4.